The topological polar surface area (TPSA) is 59.0 Å². The number of fused-ring (bicyclic) bond motifs is 1. The summed E-state index contributed by atoms with van der Waals surface area (Å²) in [4.78, 5) is 14.2. The van der Waals surface area contributed by atoms with Crippen LogP contribution in [0.2, 0.25) is 0 Å². The van der Waals surface area contributed by atoms with Crippen LogP contribution in [0.4, 0.5) is 5.69 Å². The lowest BCUT2D eigenvalue weighted by atomic mass is 9.93. The zero-order chi connectivity index (χ0) is 24.5. The maximum absolute atomic E-state index is 11.8. The predicted octanol–water partition coefficient (Wildman–Crippen LogP) is 6.58. The van der Waals surface area contributed by atoms with Crippen molar-refractivity contribution < 1.29 is 19.4 Å². The molecule has 0 saturated carbocycles. The van der Waals surface area contributed by atoms with Gasteiger partial charge >= 0.3 is 5.97 Å². The molecule has 1 aliphatic rings. The molecule has 34 heavy (non-hydrogen) atoms. The number of nitrogens with zero attached hydrogens (tertiary/aromatic N) is 1. The van der Waals surface area contributed by atoms with E-state index in [0.717, 1.165) is 67.1 Å². The summed E-state index contributed by atoms with van der Waals surface area (Å²) >= 11 is 0. The van der Waals surface area contributed by atoms with Gasteiger partial charge in [-0.15, -0.1) is 0 Å². The molecule has 0 fully saturated rings. The van der Waals surface area contributed by atoms with Crippen LogP contribution >= 0.6 is 0 Å². The number of rotatable bonds is 11. The molecule has 0 aliphatic carbocycles. The molecule has 3 rings (SSSR count). The van der Waals surface area contributed by atoms with Gasteiger partial charge in [-0.1, -0.05) is 39.3 Å². The summed E-state index contributed by atoms with van der Waals surface area (Å²) in [5.41, 5.74) is 5.95. The molecule has 0 unspecified atom stereocenters. The minimum Gasteiger partial charge on any atom is -0.491 e. The van der Waals surface area contributed by atoms with E-state index >= 15 is 0 Å². The first-order chi connectivity index (χ1) is 16.4. The molecule has 2 aromatic rings. The van der Waals surface area contributed by atoms with E-state index in [1.807, 2.05) is 18.2 Å². The Balaban J connectivity index is 1.84. The lowest BCUT2D eigenvalue weighted by molar-refractivity contribution is -0.132. The number of carboxylic acid groups (broad SMARTS) is 1. The number of ether oxygens (including phenoxy) is 2. The zero-order valence-electron chi connectivity index (χ0n) is 21.1. The molecule has 0 spiro atoms. The van der Waals surface area contributed by atoms with Crippen LogP contribution in [0.3, 0.4) is 0 Å². The smallest absolute Gasteiger partial charge is 0.331 e. The monoisotopic (exact) mass is 465 g/mol. The maximum Gasteiger partial charge on any atom is 0.331 e. The van der Waals surface area contributed by atoms with Crippen LogP contribution in [0.15, 0.2) is 42.0 Å². The van der Waals surface area contributed by atoms with Gasteiger partial charge in [-0.3, -0.25) is 0 Å². The fourth-order valence-electron chi connectivity index (χ4n) is 4.35. The van der Waals surface area contributed by atoms with Crippen LogP contribution in [0.25, 0.3) is 17.2 Å². The van der Waals surface area contributed by atoms with Gasteiger partial charge in [0, 0.05) is 31.0 Å². The van der Waals surface area contributed by atoms with Gasteiger partial charge in [-0.05, 0) is 84.7 Å². The van der Waals surface area contributed by atoms with E-state index in [-0.39, 0.29) is 0 Å². The van der Waals surface area contributed by atoms with E-state index in [1.54, 1.807) is 0 Å². The molecule has 0 amide bonds. The first-order valence-electron chi connectivity index (χ1n) is 12.5. The maximum atomic E-state index is 11.8. The second-order valence-electron chi connectivity index (χ2n) is 9.48. The van der Waals surface area contributed by atoms with Gasteiger partial charge < -0.3 is 19.5 Å². The Morgan fingerprint density at radius 1 is 1.12 bits per heavy atom. The van der Waals surface area contributed by atoms with E-state index < -0.39 is 5.97 Å². The Morgan fingerprint density at radius 3 is 2.56 bits per heavy atom. The molecule has 0 bridgehead atoms. The quantitative estimate of drug-likeness (QED) is 0.380. The Morgan fingerprint density at radius 2 is 1.88 bits per heavy atom. The highest BCUT2D eigenvalue weighted by molar-refractivity contribution is 5.94. The van der Waals surface area contributed by atoms with E-state index in [9.17, 15) is 9.90 Å². The van der Waals surface area contributed by atoms with E-state index in [2.05, 4.69) is 56.9 Å². The van der Waals surface area contributed by atoms with Crippen LogP contribution in [-0.2, 0) is 9.53 Å². The van der Waals surface area contributed by atoms with E-state index in [1.165, 1.54) is 5.56 Å². The third-order valence-corrected chi connectivity index (χ3v) is 6.08. The largest absolute Gasteiger partial charge is 0.491 e. The lowest BCUT2D eigenvalue weighted by Crippen LogP contribution is -2.30. The number of carboxylic acids is 1. The van der Waals surface area contributed by atoms with Crippen molar-refractivity contribution >= 4 is 17.7 Å². The van der Waals surface area contributed by atoms with Gasteiger partial charge in [0.05, 0.1) is 6.61 Å². The first kappa shape index (κ1) is 25.8. The van der Waals surface area contributed by atoms with E-state index in [0.29, 0.717) is 31.1 Å². The average Bonchev–Trinajstić information content (AvgIpc) is 2.79. The summed E-state index contributed by atoms with van der Waals surface area (Å²) < 4.78 is 11.4. The molecule has 5 nitrogen and oxygen atoms in total. The van der Waals surface area contributed by atoms with Crippen LogP contribution in [0, 0.1) is 12.8 Å². The SMILES string of the molecule is CCCCOCCOc1ccc(-c2cc3c(cc2C)N(CC(C)C)CCCC(C(=O)O)=C3)cc1. The van der Waals surface area contributed by atoms with Gasteiger partial charge in [-0.25, -0.2) is 4.79 Å². The molecular weight excluding hydrogens is 426 g/mol. The van der Waals surface area contributed by atoms with Crippen molar-refractivity contribution in [3.8, 4) is 16.9 Å². The molecule has 0 saturated heterocycles. The molecular formula is C29H39NO4. The highest BCUT2D eigenvalue weighted by Crippen LogP contribution is 2.35. The van der Waals surface area contributed by atoms with Crippen molar-refractivity contribution in [2.45, 2.75) is 53.4 Å². The van der Waals surface area contributed by atoms with E-state index in [4.69, 9.17) is 9.47 Å². The van der Waals surface area contributed by atoms with Crippen LogP contribution in [0.1, 0.15) is 57.6 Å². The predicted molar refractivity (Wildman–Crippen MR) is 140 cm³/mol. The summed E-state index contributed by atoms with van der Waals surface area (Å²) in [5.74, 6) is 0.522. The fourth-order valence-corrected chi connectivity index (χ4v) is 4.35. The molecule has 0 aromatic heterocycles. The highest BCUT2D eigenvalue weighted by atomic mass is 16.5. The van der Waals surface area contributed by atoms with Gasteiger partial charge in [-0.2, -0.15) is 0 Å². The summed E-state index contributed by atoms with van der Waals surface area (Å²) in [6.07, 6.45) is 5.50. The minimum absolute atomic E-state index is 0.477. The van der Waals surface area contributed by atoms with Gasteiger partial charge in [0.1, 0.15) is 12.4 Å². The second-order valence-corrected chi connectivity index (χ2v) is 9.48. The van der Waals surface area contributed by atoms with Crippen molar-refractivity contribution in [1.82, 2.24) is 0 Å². The summed E-state index contributed by atoms with van der Waals surface area (Å²) in [6.45, 7) is 12.5. The zero-order valence-corrected chi connectivity index (χ0v) is 21.1. The fraction of sp³-hybridized carbons (Fsp3) is 0.483. The number of unbranched alkanes of at least 4 members (excludes halogenated alkanes) is 1. The van der Waals surface area contributed by atoms with Crippen molar-refractivity contribution in [1.29, 1.82) is 0 Å². The summed E-state index contributed by atoms with van der Waals surface area (Å²) in [5, 5.41) is 9.69. The standard InChI is InChI=1S/C29H39NO4/c1-5-6-14-33-15-16-34-26-11-9-23(10-12-26)27-19-25-18-24(29(31)32)8-7-13-30(20-21(2)3)28(25)17-22(27)4/h9-12,17-19,21H,5-8,13-16,20H2,1-4H3,(H,31,32). The number of hydrogen-bond acceptors (Lipinski definition) is 4. The third-order valence-electron chi connectivity index (χ3n) is 6.08. The molecule has 1 N–H and O–H groups in total. The van der Waals surface area contributed by atoms with Gasteiger partial charge in [0.2, 0.25) is 0 Å². The number of aryl methyl sites for hydroxylation is 1. The van der Waals surface area contributed by atoms with Crippen molar-refractivity contribution in [2.75, 3.05) is 37.8 Å². The summed E-state index contributed by atoms with van der Waals surface area (Å²) in [6, 6.07) is 12.5. The van der Waals surface area contributed by atoms with Crippen LogP contribution in [-0.4, -0.2) is 44.0 Å². The van der Waals surface area contributed by atoms with Crippen molar-refractivity contribution in [2.24, 2.45) is 5.92 Å². The Kier molecular flexibility index (Phi) is 9.58. The Bertz CT molecular complexity index is 978. The molecule has 1 aliphatic heterocycles. The Hall–Kier alpha value is -2.79. The van der Waals surface area contributed by atoms with Crippen molar-refractivity contribution in [3.05, 3.63) is 53.1 Å². The van der Waals surface area contributed by atoms with Crippen LogP contribution in [0.5, 0.6) is 5.75 Å². The Labute approximate surface area is 204 Å². The molecule has 184 valence electrons. The molecule has 5 heteroatoms. The number of benzene rings is 2. The summed E-state index contributed by atoms with van der Waals surface area (Å²) in [7, 11) is 0. The third kappa shape index (κ3) is 7.10. The molecule has 0 radical (unpaired) electrons. The molecule has 2 aromatic carbocycles. The average molecular weight is 466 g/mol. The van der Waals surface area contributed by atoms with Gasteiger partial charge in [0.25, 0.3) is 0 Å². The second kappa shape index (κ2) is 12.6. The molecule has 0 atom stereocenters. The minimum atomic E-state index is -0.828. The first-order valence-corrected chi connectivity index (χ1v) is 12.5. The number of carbonyl (C=O) groups is 1. The lowest BCUT2D eigenvalue weighted by Gasteiger charge is -2.31. The van der Waals surface area contributed by atoms with Crippen LogP contribution < -0.4 is 9.64 Å². The highest BCUT2D eigenvalue weighted by Gasteiger charge is 2.20. The van der Waals surface area contributed by atoms with Crippen molar-refractivity contribution in [3.63, 3.8) is 0 Å². The number of anilines is 1. The normalized spacial score (nSPS) is 13.8. The number of aliphatic carboxylic acids is 1. The van der Waals surface area contributed by atoms with Gasteiger partial charge in [0.15, 0.2) is 0 Å². The number of hydrogen-bond donors (Lipinski definition) is 1. The molecule has 1 heterocycles.